The number of likely N-dealkylation sites (tertiary alicyclic amines) is 1. The van der Waals surface area contributed by atoms with Gasteiger partial charge in [-0.1, -0.05) is 13.0 Å². The molecule has 1 saturated heterocycles. The summed E-state index contributed by atoms with van der Waals surface area (Å²) in [5.41, 5.74) is 1.02. The van der Waals surface area contributed by atoms with Crippen LogP contribution in [0.4, 0.5) is 0 Å². The second-order valence-corrected chi connectivity index (χ2v) is 4.26. The van der Waals surface area contributed by atoms with Gasteiger partial charge in [-0.3, -0.25) is 0 Å². The maximum absolute atomic E-state index is 8.56. The molecule has 70 valence electrons. The van der Waals surface area contributed by atoms with E-state index < -0.39 is 0 Å². The lowest BCUT2D eigenvalue weighted by atomic mass is 10.0. The van der Waals surface area contributed by atoms with E-state index in [1.165, 1.54) is 19.3 Å². The van der Waals surface area contributed by atoms with Gasteiger partial charge in [-0.25, -0.2) is 0 Å². The van der Waals surface area contributed by atoms with Crippen LogP contribution in [-0.4, -0.2) is 18.0 Å². The van der Waals surface area contributed by atoms with E-state index in [-0.39, 0.29) is 0 Å². The molecule has 2 atom stereocenters. The highest BCUT2D eigenvalue weighted by molar-refractivity contribution is 5.05. The largest absolute Gasteiger partial charge is 0.374 e. The van der Waals surface area contributed by atoms with E-state index in [1.54, 1.807) is 0 Å². The Bertz CT molecular complexity index is 239. The molecule has 2 fully saturated rings. The summed E-state index contributed by atoms with van der Waals surface area (Å²) >= 11 is 0. The smallest absolute Gasteiger partial charge is 0.0745 e. The van der Waals surface area contributed by atoms with Crippen LogP contribution in [0.2, 0.25) is 0 Å². The average Bonchev–Trinajstić information content (AvgIpc) is 2.61. The first-order chi connectivity index (χ1) is 6.31. The fourth-order valence-electron chi connectivity index (χ4n) is 2.70. The van der Waals surface area contributed by atoms with Gasteiger partial charge in [0.2, 0.25) is 0 Å². The summed E-state index contributed by atoms with van der Waals surface area (Å²) in [5.74, 6) is 1.80. The first kappa shape index (κ1) is 8.62. The summed E-state index contributed by atoms with van der Waals surface area (Å²) in [6.45, 7) is 6.27. The van der Waals surface area contributed by atoms with Crippen LogP contribution in [0, 0.1) is 23.2 Å². The van der Waals surface area contributed by atoms with Gasteiger partial charge in [0.1, 0.15) is 0 Å². The quantitative estimate of drug-likeness (QED) is 0.644. The minimum atomic E-state index is 0.499. The Morgan fingerprint density at radius 3 is 2.54 bits per heavy atom. The highest BCUT2D eigenvalue weighted by Crippen LogP contribution is 2.38. The van der Waals surface area contributed by atoms with Crippen LogP contribution < -0.4 is 0 Å². The molecule has 0 aromatic rings. The molecule has 0 aromatic heterocycles. The highest BCUT2D eigenvalue weighted by Gasteiger charge is 2.36. The van der Waals surface area contributed by atoms with Crippen molar-refractivity contribution in [1.29, 1.82) is 5.26 Å². The third kappa shape index (κ3) is 1.56. The van der Waals surface area contributed by atoms with E-state index in [0.717, 1.165) is 30.6 Å². The number of hydrogen-bond donors (Lipinski definition) is 0. The summed E-state index contributed by atoms with van der Waals surface area (Å²) in [5, 5.41) is 8.56. The summed E-state index contributed by atoms with van der Waals surface area (Å²) < 4.78 is 0. The Hall–Kier alpha value is -0.970. The van der Waals surface area contributed by atoms with E-state index in [1.807, 2.05) is 0 Å². The van der Waals surface area contributed by atoms with Crippen molar-refractivity contribution in [2.75, 3.05) is 13.1 Å². The van der Waals surface area contributed by atoms with Crippen molar-refractivity contribution in [2.45, 2.75) is 25.7 Å². The normalized spacial score (nSPS) is 31.5. The van der Waals surface area contributed by atoms with Crippen molar-refractivity contribution in [1.82, 2.24) is 4.90 Å². The lowest BCUT2D eigenvalue weighted by Gasteiger charge is -2.19. The summed E-state index contributed by atoms with van der Waals surface area (Å²) in [6, 6.07) is 2.17. The van der Waals surface area contributed by atoms with Crippen molar-refractivity contribution in [3.63, 3.8) is 0 Å². The zero-order chi connectivity index (χ0) is 9.26. The Labute approximate surface area is 79.8 Å². The molecular formula is C11H16N2. The van der Waals surface area contributed by atoms with Crippen LogP contribution >= 0.6 is 0 Å². The fraction of sp³-hybridized carbons (Fsp3) is 0.727. The maximum atomic E-state index is 8.56. The Kier molecular flexibility index (Phi) is 2.26. The standard InChI is InChI=1S/C11H16N2/c1-9(5-6-12)13-7-10-3-2-4-11(10)8-13/h10-11H,1-5,7-8H2. The molecule has 0 spiro atoms. The topological polar surface area (TPSA) is 27.0 Å². The van der Waals surface area contributed by atoms with Gasteiger partial charge in [0, 0.05) is 18.8 Å². The van der Waals surface area contributed by atoms with Crippen molar-refractivity contribution in [3.05, 3.63) is 12.3 Å². The second-order valence-electron chi connectivity index (χ2n) is 4.26. The van der Waals surface area contributed by atoms with Crippen LogP contribution in [0.3, 0.4) is 0 Å². The van der Waals surface area contributed by atoms with E-state index in [0.29, 0.717) is 6.42 Å². The zero-order valence-corrected chi connectivity index (χ0v) is 8.00. The SMILES string of the molecule is C=C(CC#N)N1CC2CCCC2C1. The number of nitrogens with zero attached hydrogens (tertiary/aromatic N) is 2. The summed E-state index contributed by atoms with van der Waals surface area (Å²) in [7, 11) is 0. The van der Waals surface area contributed by atoms with Gasteiger partial charge in [0.15, 0.2) is 0 Å². The molecule has 0 bridgehead atoms. The van der Waals surface area contributed by atoms with Crippen molar-refractivity contribution in [2.24, 2.45) is 11.8 Å². The van der Waals surface area contributed by atoms with Gasteiger partial charge in [0.25, 0.3) is 0 Å². The third-order valence-electron chi connectivity index (χ3n) is 3.46. The molecule has 2 rings (SSSR count). The minimum Gasteiger partial charge on any atom is -0.374 e. The number of hydrogen-bond acceptors (Lipinski definition) is 2. The molecule has 2 nitrogen and oxygen atoms in total. The molecule has 1 heterocycles. The van der Waals surface area contributed by atoms with Gasteiger partial charge in [0.05, 0.1) is 12.5 Å². The van der Waals surface area contributed by atoms with Crippen LogP contribution in [0.5, 0.6) is 0 Å². The molecule has 13 heavy (non-hydrogen) atoms. The summed E-state index contributed by atoms with van der Waals surface area (Å²) in [6.07, 6.45) is 4.69. The molecule has 1 aliphatic heterocycles. The molecule has 2 aliphatic rings. The summed E-state index contributed by atoms with van der Waals surface area (Å²) in [4.78, 5) is 2.32. The van der Waals surface area contributed by atoms with Gasteiger partial charge >= 0.3 is 0 Å². The molecule has 2 unspecified atom stereocenters. The van der Waals surface area contributed by atoms with E-state index >= 15 is 0 Å². The predicted octanol–water partition coefficient (Wildman–Crippen LogP) is 2.15. The Balaban J connectivity index is 1.92. The van der Waals surface area contributed by atoms with Gasteiger partial charge < -0.3 is 4.90 Å². The minimum absolute atomic E-state index is 0.499. The molecule has 0 N–H and O–H groups in total. The second kappa shape index (κ2) is 3.41. The lowest BCUT2D eigenvalue weighted by Crippen LogP contribution is -2.20. The van der Waals surface area contributed by atoms with Gasteiger partial charge in [-0.15, -0.1) is 0 Å². The van der Waals surface area contributed by atoms with E-state index in [9.17, 15) is 0 Å². The monoisotopic (exact) mass is 176 g/mol. The van der Waals surface area contributed by atoms with Crippen molar-refractivity contribution >= 4 is 0 Å². The number of rotatable bonds is 2. The zero-order valence-electron chi connectivity index (χ0n) is 8.00. The Morgan fingerprint density at radius 1 is 1.38 bits per heavy atom. The average molecular weight is 176 g/mol. The van der Waals surface area contributed by atoms with Crippen LogP contribution in [-0.2, 0) is 0 Å². The molecule has 0 amide bonds. The van der Waals surface area contributed by atoms with Crippen LogP contribution in [0.15, 0.2) is 12.3 Å². The van der Waals surface area contributed by atoms with Gasteiger partial charge in [-0.2, -0.15) is 5.26 Å². The molecule has 0 aromatic carbocycles. The maximum Gasteiger partial charge on any atom is 0.0745 e. The third-order valence-corrected chi connectivity index (χ3v) is 3.46. The first-order valence-corrected chi connectivity index (χ1v) is 5.11. The molecular weight excluding hydrogens is 160 g/mol. The number of fused-ring (bicyclic) bond motifs is 1. The molecule has 2 heteroatoms. The van der Waals surface area contributed by atoms with Crippen molar-refractivity contribution < 1.29 is 0 Å². The Morgan fingerprint density at radius 2 is 2.00 bits per heavy atom. The number of allylic oxidation sites excluding steroid dienone is 1. The fourth-order valence-corrected chi connectivity index (χ4v) is 2.70. The number of nitriles is 1. The predicted molar refractivity (Wildman–Crippen MR) is 51.8 cm³/mol. The molecule has 1 saturated carbocycles. The van der Waals surface area contributed by atoms with Gasteiger partial charge in [-0.05, 0) is 24.7 Å². The van der Waals surface area contributed by atoms with E-state index in [4.69, 9.17) is 5.26 Å². The highest BCUT2D eigenvalue weighted by atomic mass is 15.2. The van der Waals surface area contributed by atoms with Crippen LogP contribution in [0.25, 0.3) is 0 Å². The van der Waals surface area contributed by atoms with E-state index in [2.05, 4.69) is 17.5 Å². The lowest BCUT2D eigenvalue weighted by molar-refractivity contribution is 0.383. The van der Waals surface area contributed by atoms with Crippen molar-refractivity contribution in [3.8, 4) is 6.07 Å². The first-order valence-electron chi connectivity index (χ1n) is 5.11. The molecule has 1 aliphatic carbocycles. The molecule has 0 radical (unpaired) electrons. The van der Waals surface area contributed by atoms with Crippen LogP contribution in [0.1, 0.15) is 25.7 Å².